The maximum absolute atomic E-state index is 12.2. The van der Waals surface area contributed by atoms with Crippen LogP contribution in [0.4, 0.5) is 4.79 Å². The number of hydroxylamine groups is 2. The van der Waals surface area contributed by atoms with Gasteiger partial charge in [0.2, 0.25) is 0 Å². The Bertz CT molecular complexity index is 522. The molecule has 1 aromatic carbocycles. The Balaban J connectivity index is 1.67. The number of nitrogens with zero attached hydrogens (tertiary/aromatic N) is 2. The molecule has 2 aliphatic rings. The molecule has 0 unspecified atom stereocenters. The second-order valence-corrected chi connectivity index (χ2v) is 5.17. The molecule has 20 heavy (non-hydrogen) atoms. The number of carbonyl (C=O) groups is 2. The van der Waals surface area contributed by atoms with Crippen LogP contribution in [0.25, 0.3) is 0 Å². The summed E-state index contributed by atoms with van der Waals surface area (Å²) >= 11 is 0. The van der Waals surface area contributed by atoms with Crippen molar-refractivity contribution in [1.82, 2.24) is 9.96 Å². The molecule has 0 spiro atoms. The first kappa shape index (κ1) is 13.2. The van der Waals surface area contributed by atoms with E-state index in [-0.39, 0.29) is 12.1 Å². The van der Waals surface area contributed by atoms with Crippen LogP contribution < -0.4 is 0 Å². The maximum Gasteiger partial charge on any atom is 0.344 e. The van der Waals surface area contributed by atoms with Gasteiger partial charge in [0, 0.05) is 6.54 Å². The maximum atomic E-state index is 12.2. The number of amides is 2. The first-order valence-corrected chi connectivity index (χ1v) is 6.73. The van der Waals surface area contributed by atoms with Crippen LogP contribution in [0.3, 0.4) is 0 Å². The average Bonchev–Trinajstić information content (AvgIpc) is 2.70. The van der Waals surface area contributed by atoms with Crippen molar-refractivity contribution in [3.05, 3.63) is 35.9 Å². The minimum atomic E-state index is -0.496. The zero-order valence-electron chi connectivity index (χ0n) is 11.1. The number of carbonyl (C=O) groups excluding carboxylic acids is 2. The lowest BCUT2D eigenvalue weighted by Gasteiger charge is -2.28. The van der Waals surface area contributed by atoms with Crippen molar-refractivity contribution < 1.29 is 14.4 Å². The summed E-state index contributed by atoms with van der Waals surface area (Å²) in [7, 11) is 5.33. The van der Waals surface area contributed by atoms with E-state index in [0.717, 1.165) is 12.0 Å². The molecule has 2 heterocycles. The van der Waals surface area contributed by atoms with Gasteiger partial charge in [-0.1, -0.05) is 30.3 Å². The molecule has 1 aromatic rings. The first-order chi connectivity index (χ1) is 9.66. The number of hydrogen-bond acceptors (Lipinski definition) is 3. The van der Waals surface area contributed by atoms with Crippen molar-refractivity contribution in [2.24, 2.45) is 0 Å². The van der Waals surface area contributed by atoms with Crippen LogP contribution in [0, 0.1) is 0 Å². The van der Waals surface area contributed by atoms with Crippen molar-refractivity contribution in [2.45, 2.75) is 31.5 Å². The molecule has 2 saturated heterocycles. The quantitative estimate of drug-likeness (QED) is 0.769. The summed E-state index contributed by atoms with van der Waals surface area (Å²) in [6.07, 6.45) is 1.35. The van der Waals surface area contributed by atoms with Gasteiger partial charge in [-0.25, -0.2) is 4.79 Å². The summed E-state index contributed by atoms with van der Waals surface area (Å²) in [6.45, 7) is 0.861. The second kappa shape index (κ2) is 5.29. The highest BCUT2D eigenvalue weighted by Crippen LogP contribution is 2.30. The SMILES string of the molecule is [B]C(=O)[C@@H]1CC[C@H]2CN1C(=O)N2OCc1ccccc1. The average molecular weight is 270 g/mol. The highest BCUT2D eigenvalue weighted by Gasteiger charge is 2.46. The van der Waals surface area contributed by atoms with Crippen LogP contribution in [-0.4, -0.2) is 48.2 Å². The van der Waals surface area contributed by atoms with E-state index < -0.39 is 11.7 Å². The van der Waals surface area contributed by atoms with Crippen LogP contribution >= 0.6 is 0 Å². The minimum Gasteiger partial charge on any atom is -0.312 e. The lowest BCUT2D eigenvalue weighted by atomic mass is 9.88. The number of urea groups is 1. The standard InChI is InChI=1S/C14H15BN2O3/c15-13(18)12-7-6-11-8-16(12)14(19)17(11)20-9-10-4-2-1-3-5-10/h1-5,11-12H,6-9H2/t11-,12-/m0/s1. The van der Waals surface area contributed by atoms with E-state index in [2.05, 4.69) is 0 Å². The Hall–Kier alpha value is -1.82. The van der Waals surface area contributed by atoms with Crippen molar-refractivity contribution >= 4 is 19.6 Å². The van der Waals surface area contributed by atoms with Gasteiger partial charge in [0.1, 0.15) is 6.61 Å². The molecule has 2 amide bonds. The molecule has 2 fully saturated rings. The molecule has 2 radical (unpaired) electrons. The molecule has 6 heteroatoms. The molecule has 102 valence electrons. The van der Waals surface area contributed by atoms with Crippen molar-refractivity contribution in [3.63, 3.8) is 0 Å². The molecule has 3 rings (SSSR count). The van der Waals surface area contributed by atoms with Crippen LogP contribution in [0.2, 0.25) is 0 Å². The van der Waals surface area contributed by atoms with Gasteiger partial charge in [-0.15, -0.1) is 0 Å². The summed E-state index contributed by atoms with van der Waals surface area (Å²) in [5.41, 5.74) is 0.560. The number of rotatable bonds is 4. The Kier molecular flexibility index (Phi) is 3.48. The molecule has 2 atom stereocenters. The molecule has 2 aliphatic heterocycles. The largest absolute Gasteiger partial charge is 0.344 e. The predicted molar refractivity (Wildman–Crippen MR) is 72.7 cm³/mol. The fourth-order valence-electron chi connectivity index (χ4n) is 2.81. The fraction of sp³-hybridized carbons (Fsp3) is 0.429. The summed E-state index contributed by atoms with van der Waals surface area (Å²) in [5, 5.41) is 1.40. The zero-order valence-corrected chi connectivity index (χ0v) is 11.1. The van der Waals surface area contributed by atoms with Gasteiger partial charge in [0.05, 0.1) is 17.8 Å². The zero-order chi connectivity index (χ0) is 14.1. The van der Waals surface area contributed by atoms with Gasteiger partial charge in [-0.05, 0) is 18.4 Å². The van der Waals surface area contributed by atoms with E-state index in [0.29, 0.717) is 19.6 Å². The number of benzene rings is 1. The molecule has 0 aromatic heterocycles. The monoisotopic (exact) mass is 270 g/mol. The smallest absolute Gasteiger partial charge is 0.312 e. The van der Waals surface area contributed by atoms with Gasteiger partial charge in [0.15, 0.2) is 7.85 Å². The Morgan fingerprint density at radius 2 is 2.05 bits per heavy atom. The highest BCUT2D eigenvalue weighted by atomic mass is 16.7. The third kappa shape index (κ3) is 2.31. The van der Waals surface area contributed by atoms with E-state index in [4.69, 9.17) is 12.7 Å². The Morgan fingerprint density at radius 1 is 1.30 bits per heavy atom. The van der Waals surface area contributed by atoms with E-state index in [1.807, 2.05) is 30.3 Å². The fourth-order valence-corrected chi connectivity index (χ4v) is 2.81. The first-order valence-electron chi connectivity index (χ1n) is 6.73. The van der Waals surface area contributed by atoms with Gasteiger partial charge >= 0.3 is 6.03 Å². The number of piperidine rings is 1. The van der Waals surface area contributed by atoms with Crippen LogP contribution in [-0.2, 0) is 16.2 Å². The van der Waals surface area contributed by atoms with Crippen molar-refractivity contribution in [3.8, 4) is 0 Å². The third-order valence-electron chi connectivity index (χ3n) is 3.86. The molecule has 0 aliphatic carbocycles. The topological polar surface area (TPSA) is 49.9 Å². The molecule has 0 N–H and O–H groups in total. The van der Waals surface area contributed by atoms with Crippen LogP contribution in [0.1, 0.15) is 18.4 Å². The van der Waals surface area contributed by atoms with Crippen LogP contribution in [0.15, 0.2) is 30.3 Å². The summed E-state index contributed by atoms with van der Waals surface area (Å²) < 4.78 is 0. The lowest BCUT2D eigenvalue weighted by molar-refractivity contribution is -0.140. The third-order valence-corrected chi connectivity index (χ3v) is 3.86. The van der Waals surface area contributed by atoms with Gasteiger partial charge in [-0.3, -0.25) is 4.84 Å². The van der Waals surface area contributed by atoms with E-state index in [1.165, 1.54) is 9.96 Å². The summed E-state index contributed by atoms with van der Waals surface area (Å²) in [6, 6.07) is 8.93. The summed E-state index contributed by atoms with van der Waals surface area (Å²) in [5.74, 6) is 0. The Morgan fingerprint density at radius 3 is 2.75 bits per heavy atom. The van der Waals surface area contributed by atoms with Crippen molar-refractivity contribution in [2.75, 3.05) is 6.54 Å². The molecule has 0 saturated carbocycles. The second-order valence-electron chi connectivity index (χ2n) is 5.17. The van der Waals surface area contributed by atoms with Crippen LogP contribution in [0.5, 0.6) is 0 Å². The van der Waals surface area contributed by atoms with Crippen molar-refractivity contribution in [1.29, 1.82) is 0 Å². The minimum absolute atomic E-state index is 0.0156. The van der Waals surface area contributed by atoms with Gasteiger partial charge < -0.3 is 9.69 Å². The highest BCUT2D eigenvalue weighted by molar-refractivity contribution is 6.59. The number of fused-ring (bicyclic) bond motifs is 2. The normalized spacial score (nSPS) is 25.1. The van der Waals surface area contributed by atoms with E-state index >= 15 is 0 Å². The lowest BCUT2D eigenvalue weighted by Crippen LogP contribution is -2.45. The molecule has 2 bridgehead atoms. The number of hydrogen-bond donors (Lipinski definition) is 0. The molecular weight excluding hydrogens is 255 g/mol. The van der Waals surface area contributed by atoms with E-state index in [9.17, 15) is 9.59 Å². The summed E-state index contributed by atoms with van der Waals surface area (Å²) in [4.78, 5) is 30.7. The van der Waals surface area contributed by atoms with Gasteiger partial charge in [0.25, 0.3) is 0 Å². The molecule has 5 nitrogen and oxygen atoms in total. The molecular formula is C14H15BN2O3. The predicted octanol–water partition coefficient (Wildman–Crippen LogP) is 1.08. The Labute approximate surface area is 118 Å². The van der Waals surface area contributed by atoms with E-state index in [1.54, 1.807) is 0 Å². The van der Waals surface area contributed by atoms with Gasteiger partial charge in [-0.2, -0.15) is 5.06 Å².